The maximum absolute atomic E-state index is 12.2. The molecule has 0 saturated carbocycles. The molecule has 1 unspecified atom stereocenters. The molecule has 0 aliphatic carbocycles. The van der Waals surface area contributed by atoms with Crippen molar-refractivity contribution in [3.8, 4) is 10.6 Å². The van der Waals surface area contributed by atoms with Gasteiger partial charge in [-0.3, -0.25) is 9.78 Å². The zero-order valence-corrected chi connectivity index (χ0v) is 14.2. The van der Waals surface area contributed by atoms with Crippen LogP contribution in [0.1, 0.15) is 6.92 Å². The van der Waals surface area contributed by atoms with Gasteiger partial charge in [-0.1, -0.05) is 18.5 Å². The molecule has 2 aromatic heterocycles. The summed E-state index contributed by atoms with van der Waals surface area (Å²) in [4.78, 5) is 29.6. The predicted octanol–water partition coefficient (Wildman–Crippen LogP) is 3.65. The van der Waals surface area contributed by atoms with Gasteiger partial charge in [-0.15, -0.1) is 11.3 Å². The van der Waals surface area contributed by atoms with Crippen molar-refractivity contribution in [3.05, 3.63) is 34.8 Å². The normalized spacial score (nSPS) is 11.8. The number of hydrogen-bond donors (Lipinski definition) is 2. The molecule has 2 N–H and O–H groups in total. The minimum absolute atomic E-state index is 0.113. The van der Waals surface area contributed by atoms with Crippen LogP contribution < -0.4 is 5.32 Å². The lowest BCUT2D eigenvalue weighted by atomic mass is 10.2. The van der Waals surface area contributed by atoms with Crippen LogP contribution in [0.2, 0.25) is 4.34 Å². The molecule has 2 rings (SSSR count). The molecule has 2 aromatic rings. The average Bonchev–Trinajstić information content (AvgIpc) is 2.93. The number of pyridine rings is 1. The fourth-order valence-corrected chi connectivity index (χ4v) is 2.98. The number of anilines is 1. The molecule has 0 bridgehead atoms. The summed E-state index contributed by atoms with van der Waals surface area (Å²) in [7, 11) is 1.55. The number of amides is 2. The topological polar surface area (TPSA) is 82.5 Å². The third-order valence-electron chi connectivity index (χ3n) is 3.17. The van der Waals surface area contributed by atoms with E-state index >= 15 is 0 Å². The Morgan fingerprint density at radius 1 is 1.43 bits per heavy atom. The van der Waals surface area contributed by atoms with E-state index in [1.165, 1.54) is 16.2 Å². The van der Waals surface area contributed by atoms with Crippen molar-refractivity contribution in [1.82, 2.24) is 9.88 Å². The number of carboxylic acid groups (broad SMARTS) is 1. The highest BCUT2D eigenvalue weighted by Gasteiger charge is 2.19. The van der Waals surface area contributed by atoms with Crippen molar-refractivity contribution >= 4 is 40.6 Å². The number of aromatic nitrogens is 1. The van der Waals surface area contributed by atoms with Crippen LogP contribution in [0.25, 0.3) is 10.6 Å². The van der Waals surface area contributed by atoms with E-state index in [0.29, 0.717) is 15.7 Å². The standard InChI is InChI=1S/C15H16ClN3O3S/c1-9(14(20)21)8-19(2)15(22)18-10-4-3-7-17-13(10)11-5-6-12(16)23-11/h3-7,9H,8H2,1-2H3,(H,18,22)(H,20,21). The van der Waals surface area contributed by atoms with Crippen LogP contribution in [0.5, 0.6) is 0 Å². The van der Waals surface area contributed by atoms with E-state index in [4.69, 9.17) is 16.7 Å². The van der Waals surface area contributed by atoms with Crippen molar-refractivity contribution < 1.29 is 14.7 Å². The third-order valence-corrected chi connectivity index (χ3v) is 4.41. The summed E-state index contributed by atoms with van der Waals surface area (Å²) in [6.07, 6.45) is 1.63. The van der Waals surface area contributed by atoms with Gasteiger partial charge in [-0.05, 0) is 24.3 Å². The summed E-state index contributed by atoms with van der Waals surface area (Å²) in [5, 5.41) is 11.7. The third kappa shape index (κ3) is 4.43. The number of nitrogens with one attached hydrogen (secondary N) is 1. The van der Waals surface area contributed by atoms with Crippen LogP contribution >= 0.6 is 22.9 Å². The van der Waals surface area contributed by atoms with Crippen LogP contribution in [0.4, 0.5) is 10.5 Å². The van der Waals surface area contributed by atoms with Gasteiger partial charge in [0, 0.05) is 19.8 Å². The smallest absolute Gasteiger partial charge is 0.321 e. The summed E-state index contributed by atoms with van der Waals surface area (Å²) in [5.41, 5.74) is 1.17. The van der Waals surface area contributed by atoms with Crippen molar-refractivity contribution in [2.24, 2.45) is 5.92 Å². The maximum atomic E-state index is 12.2. The Kier molecular flexibility index (Phi) is 5.57. The van der Waals surface area contributed by atoms with E-state index in [0.717, 1.165) is 4.88 Å². The summed E-state index contributed by atoms with van der Waals surface area (Å²) in [5.74, 6) is -1.59. The van der Waals surface area contributed by atoms with Crippen LogP contribution in [-0.2, 0) is 4.79 Å². The number of urea groups is 1. The molecule has 0 radical (unpaired) electrons. The number of carbonyl (C=O) groups excluding carboxylic acids is 1. The fraction of sp³-hybridized carbons (Fsp3) is 0.267. The van der Waals surface area contributed by atoms with Crippen LogP contribution in [0.3, 0.4) is 0 Å². The summed E-state index contributed by atoms with van der Waals surface area (Å²) in [6.45, 7) is 1.66. The Morgan fingerprint density at radius 2 is 2.17 bits per heavy atom. The highest BCUT2D eigenvalue weighted by molar-refractivity contribution is 7.19. The first-order valence-corrected chi connectivity index (χ1v) is 8.03. The summed E-state index contributed by atoms with van der Waals surface area (Å²) < 4.78 is 0.635. The Morgan fingerprint density at radius 3 is 2.78 bits per heavy atom. The lowest BCUT2D eigenvalue weighted by Gasteiger charge is -2.20. The Hall–Kier alpha value is -2.12. The average molecular weight is 354 g/mol. The minimum Gasteiger partial charge on any atom is -0.481 e. The Balaban J connectivity index is 2.14. The molecule has 6 nitrogen and oxygen atoms in total. The van der Waals surface area contributed by atoms with Crippen LogP contribution in [0, 0.1) is 5.92 Å². The summed E-state index contributed by atoms with van der Waals surface area (Å²) in [6, 6.07) is 6.66. The first kappa shape index (κ1) is 17.2. The fourth-order valence-electron chi connectivity index (χ4n) is 1.93. The molecule has 122 valence electrons. The minimum atomic E-state index is -0.944. The van der Waals surface area contributed by atoms with E-state index in [-0.39, 0.29) is 6.54 Å². The van der Waals surface area contributed by atoms with Gasteiger partial charge < -0.3 is 15.3 Å². The first-order chi connectivity index (χ1) is 10.9. The van der Waals surface area contributed by atoms with Crippen molar-refractivity contribution in [1.29, 1.82) is 0 Å². The molecule has 0 fully saturated rings. The molecule has 0 aromatic carbocycles. The Bertz CT molecular complexity index is 719. The largest absolute Gasteiger partial charge is 0.481 e. The first-order valence-electron chi connectivity index (χ1n) is 6.84. The monoisotopic (exact) mass is 353 g/mol. The number of hydrogen-bond acceptors (Lipinski definition) is 4. The number of rotatable bonds is 5. The highest BCUT2D eigenvalue weighted by atomic mass is 35.5. The van der Waals surface area contributed by atoms with E-state index in [2.05, 4.69) is 10.3 Å². The van der Waals surface area contributed by atoms with Crippen LogP contribution in [-0.4, -0.2) is 40.6 Å². The lowest BCUT2D eigenvalue weighted by Crippen LogP contribution is -2.36. The second kappa shape index (κ2) is 7.43. The molecule has 2 heterocycles. The highest BCUT2D eigenvalue weighted by Crippen LogP contribution is 2.33. The SMILES string of the molecule is CC(CN(C)C(=O)Nc1cccnc1-c1ccc(Cl)s1)C(=O)O. The second-order valence-corrected chi connectivity index (χ2v) is 6.77. The molecular formula is C15H16ClN3O3S. The predicted molar refractivity (Wildman–Crippen MR) is 91.0 cm³/mol. The van der Waals surface area contributed by atoms with Crippen molar-refractivity contribution in [2.75, 3.05) is 18.9 Å². The molecule has 2 amide bonds. The van der Waals surface area contributed by atoms with Gasteiger partial charge in [0.05, 0.1) is 20.8 Å². The number of carboxylic acids is 1. The van der Waals surface area contributed by atoms with Gasteiger partial charge in [0.15, 0.2) is 0 Å². The molecule has 0 spiro atoms. The number of aliphatic carboxylic acids is 1. The van der Waals surface area contributed by atoms with E-state index < -0.39 is 17.9 Å². The zero-order valence-electron chi connectivity index (χ0n) is 12.6. The van der Waals surface area contributed by atoms with Gasteiger partial charge in [0.1, 0.15) is 5.69 Å². The van der Waals surface area contributed by atoms with E-state index in [1.54, 1.807) is 38.4 Å². The lowest BCUT2D eigenvalue weighted by molar-refractivity contribution is -0.141. The zero-order chi connectivity index (χ0) is 17.0. The maximum Gasteiger partial charge on any atom is 0.321 e. The van der Waals surface area contributed by atoms with Crippen LogP contribution in [0.15, 0.2) is 30.5 Å². The van der Waals surface area contributed by atoms with E-state index in [9.17, 15) is 9.59 Å². The van der Waals surface area contributed by atoms with Gasteiger partial charge in [-0.25, -0.2) is 4.79 Å². The van der Waals surface area contributed by atoms with E-state index in [1.807, 2.05) is 6.07 Å². The number of nitrogens with zero attached hydrogens (tertiary/aromatic N) is 2. The molecule has 1 atom stereocenters. The number of halogens is 1. The van der Waals surface area contributed by atoms with Gasteiger partial charge >= 0.3 is 12.0 Å². The van der Waals surface area contributed by atoms with Crippen molar-refractivity contribution in [2.45, 2.75) is 6.92 Å². The van der Waals surface area contributed by atoms with Crippen molar-refractivity contribution in [3.63, 3.8) is 0 Å². The van der Waals surface area contributed by atoms with Gasteiger partial charge in [0.2, 0.25) is 0 Å². The second-order valence-electron chi connectivity index (χ2n) is 5.05. The molecule has 0 saturated heterocycles. The molecular weight excluding hydrogens is 338 g/mol. The number of carbonyl (C=O) groups is 2. The molecule has 8 heteroatoms. The quantitative estimate of drug-likeness (QED) is 0.859. The summed E-state index contributed by atoms with van der Waals surface area (Å²) >= 11 is 7.31. The molecule has 23 heavy (non-hydrogen) atoms. The molecule has 0 aliphatic heterocycles. The molecule has 0 aliphatic rings. The Labute approximate surface area is 142 Å². The van der Waals surface area contributed by atoms with Gasteiger partial charge in [0.25, 0.3) is 0 Å². The van der Waals surface area contributed by atoms with Gasteiger partial charge in [-0.2, -0.15) is 0 Å². The number of thiophene rings is 1.